The molecule has 0 radical (unpaired) electrons. The normalized spacial score (nSPS) is 12.8. The summed E-state index contributed by atoms with van der Waals surface area (Å²) >= 11 is 1.52. The quantitative estimate of drug-likeness (QED) is 0.0910. The lowest BCUT2D eigenvalue weighted by Crippen LogP contribution is -2.49. The van der Waals surface area contributed by atoms with E-state index in [1.807, 2.05) is 19.0 Å². The number of unbranched alkanes of at least 4 members (excludes halogenated alkanes) is 12. The molecule has 230 valence electrons. The molecule has 0 aromatic carbocycles. The van der Waals surface area contributed by atoms with Gasteiger partial charge in [-0.25, -0.2) is 0 Å². The Morgan fingerprint density at radius 1 is 0.718 bits per heavy atom. The number of likely N-dealkylation sites (N-methyl/N-ethyl adjacent to an activating group) is 1. The lowest BCUT2D eigenvalue weighted by atomic mass is 9.93. The highest BCUT2D eigenvalue weighted by Gasteiger charge is 2.25. The number of carbonyl (C=O) groups excluding carboxylic acids is 2. The second-order valence-electron chi connectivity index (χ2n) is 11.2. The van der Waals surface area contributed by atoms with E-state index < -0.39 is 12.0 Å². The Balaban J connectivity index is 4.95. The van der Waals surface area contributed by atoms with Gasteiger partial charge in [-0.2, -0.15) is 11.8 Å². The molecule has 0 heterocycles. The van der Waals surface area contributed by atoms with Gasteiger partial charge in [-0.05, 0) is 39.1 Å². The minimum absolute atomic E-state index is 0.00907. The molecule has 0 aromatic rings. The zero-order chi connectivity index (χ0) is 29.1. The summed E-state index contributed by atoms with van der Waals surface area (Å²) in [5.74, 6) is 0.154. The molecule has 0 aliphatic carbocycles. The van der Waals surface area contributed by atoms with Gasteiger partial charge in [0.25, 0.3) is 0 Å². The van der Waals surface area contributed by atoms with Crippen molar-refractivity contribution >= 4 is 29.5 Å². The van der Waals surface area contributed by atoms with Gasteiger partial charge in [0.2, 0.25) is 11.8 Å². The monoisotopic (exact) mass is 571 g/mol. The number of aliphatic carboxylic acids is 1. The van der Waals surface area contributed by atoms with Crippen molar-refractivity contribution < 1.29 is 19.5 Å². The summed E-state index contributed by atoms with van der Waals surface area (Å²) < 4.78 is 0. The molecule has 39 heavy (non-hydrogen) atoms. The maximum atomic E-state index is 13.4. The van der Waals surface area contributed by atoms with Crippen LogP contribution >= 0.6 is 11.8 Å². The van der Waals surface area contributed by atoms with Crippen LogP contribution in [0.5, 0.6) is 0 Å². The fourth-order valence-electron chi connectivity index (χ4n) is 4.65. The summed E-state index contributed by atoms with van der Waals surface area (Å²) in [5, 5.41) is 14.9. The molecule has 0 aliphatic heterocycles. The number of hydrogen-bond donors (Lipinski definition) is 3. The van der Waals surface area contributed by atoms with Crippen LogP contribution in [0.2, 0.25) is 0 Å². The Hall–Kier alpha value is -1.28. The third kappa shape index (κ3) is 24.3. The molecule has 3 N–H and O–H groups in total. The standard InChI is InChI=1S/C31H61N3O4S/c1-5-7-9-11-13-14-16-18-20-27(19-17-15-12-10-8-6-2)30(37)33-28(21-25-39-26-22-29(35)36)31(38)32-23-24-34(3)4/h27-28H,5-26H2,1-4H3,(H,32,38)(H,33,37)(H,35,36). The molecule has 0 spiro atoms. The first-order chi connectivity index (χ1) is 18.8. The maximum Gasteiger partial charge on any atom is 0.304 e. The van der Waals surface area contributed by atoms with Crippen molar-refractivity contribution in [2.45, 2.75) is 135 Å². The molecular weight excluding hydrogens is 510 g/mol. The van der Waals surface area contributed by atoms with Gasteiger partial charge in [0, 0.05) is 24.8 Å². The Morgan fingerprint density at radius 3 is 1.72 bits per heavy atom. The number of carbonyl (C=O) groups is 3. The third-order valence-corrected chi connectivity index (χ3v) is 8.20. The van der Waals surface area contributed by atoms with E-state index in [1.165, 1.54) is 82.4 Å². The molecule has 0 aliphatic rings. The van der Waals surface area contributed by atoms with E-state index in [4.69, 9.17) is 5.11 Å². The van der Waals surface area contributed by atoms with Crippen LogP contribution in [0.15, 0.2) is 0 Å². The third-order valence-electron chi connectivity index (χ3n) is 7.19. The molecule has 0 saturated heterocycles. The van der Waals surface area contributed by atoms with Crippen molar-refractivity contribution in [1.82, 2.24) is 15.5 Å². The van der Waals surface area contributed by atoms with Gasteiger partial charge in [0.05, 0.1) is 6.42 Å². The highest BCUT2D eigenvalue weighted by molar-refractivity contribution is 7.99. The van der Waals surface area contributed by atoms with Crippen LogP contribution < -0.4 is 10.6 Å². The van der Waals surface area contributed by atoms with Gasteiger partial charge in [-0.15, -0.1) is 0 Å². The summed E-state index contributed by atoms with van der Waals surface area (Å²) in [7, 11) is 3.92. The van der Waals surface area contributed by atoms with Gasteiger partial charge >= 0.3 is 5.97 Å². The van der Waals surface area contributed by atoms with E-state index in [0.29, 0.717) is 24.5 Å². The fourth-order valence-corrected chi connectivity index (χ4v) is 5.57. The number of amides is 2. The second-order valence-corrected chi connectivity index (χ2v) is 12.4. The molecule has 2 atom stereocenters. The zero-order valence-electron chi connectivity index (χ0n) is 25.7. The van der Waals surface area contributed by atoms with Crippen LogP contribution in [0.4, 0.5) is 0 Å². The summed E-state index contributed by atoms with van der Waals surface area (Å²) in [6.07, 6.45) is 19.6. The second kappa shape index (κ2) is 26.9. The zero-order valence-corrected chi connectivity index (χ0v) is 26.6. The Bertz CT molecular complexity index is 619. The Labute approximate surface area is 244 Å². The summed E-state index contributed by atoms with van der Waals surface area (Å²) in [6.45, 7) is 5.73. The Kier molecular flexibility index (Phi) is 26.0. The minimum Gasteiger partial charge on any atom is -0.481 e. The first kappa shape index (κ1) is 37.7. The highest BCUT2D eigenvalue weighted by Crippen LogP contribution is 2.20. The van der Waals surface area contributed by atoms with Gasteiger partial charge in [-0.3, -0.25) is 14.4 Å². The van der Waals surface area contributed by atoms with Crippen LogP contribution in [-0.4, -0.2) is 72.5 Å². The van der Waals surface area contributed by atoms with Gasteiger partial charge in [-0.1, -0.05) is 104 Å². The molecule has 7 nitrogen and oxygen atoms in total. The van der Waals surface area contributed by atoms with Gasteiger partial charge in [0.15, 0.2) is 0 Å². The fraction of sp³-hybridized carbons (Fsp3) is 0.903. The van der Waals surface area contributed by atoms with Crippen molar-refractivity contribution in [2.24, 2.45) is 5.92 Å². The lowest BCUT2D eigenvalue weighted by molar-refractivity contribution is -0.136. The lowest BCUT2D eigenvalue weighted by Gasteiger charge is -2.23. The number of nitrogens with zero attached hydrogens (tertiary/aromatic N) is 1. The maximum absolute atomic E-state index is 13.4. The van der Waals surface area contributed by atoms with Crippen molar-refractivity contribution in [3.8, 4) is 0 Å². The molecule has 0 saturated carbocycles. The predicted octanol–water partition coefficient (Wildman–Crippen LogP) is 6.64. The number of thioether (sulfide) groups is 1. The molecule has 0 rings (SSSR count). The van der Waals surface area contributed by atoms with Crippen molar-refractivity contribution in [2.75, 3.05) is 38.7 Å². The number of nitrogens with one attached hydrogen (secondary N) is 2. The van der Waals surface area contributed by atoms with E-state index in [2.05, 4.69) is 24.5 Å². The molecular formula is C31H61N3O4S. The average molecular weight is 572 g/mol. The van der Waals surface area contributed by atoms with E-state index in [9.17, 15) is 14.4 Å². The number of rotatable bonds is 28. The van der Waals surface area contributed by atoms with Crippen LogP contribution in [0.25, 0.3) is 0 Å². The summed E-state index contributed by atoms with van der Waals surface area (Å²) in [4.78, 5) is 39.2. The average Bonchev–Trinajstić information content (AvgIpc) is 2.89. The molecule has 0 fully saturated rings. The van der Waals surface area contributed by atoms with Gasteiger partial charge in [0.1, 0.15) is 6.04 Å². The van der Waals surface area contributed by atoms with Crippen LogP contribution in [0.3, 0.4) is 0 Å². The first-order valence-electron chi connectivity index (χ1n) is 15.8. The van der Waals surface area contributed by atoms with Crippen molar-refractivity contribution in [1.29, 1.82) is 0 Å². The summed E-state index contributed by atoms with van der Waals surface area (Å²) in [6, 6.07) is -0.581. The first-order valence-corrected chi connectivity index (χ1v) is 17.0. The largest absolute Gasteiger partial charge is 0.481 e. The van der Waals surface area contributed by atoms with Crippen LogP contribution in [-0.2, 0) is 14.4 Å². The van der Waals surface area contributed by atoms with Crippen molar-refractivity contribution in [3.63, 3.8) is 0 Å². The van der Waals surface area contributed by atoms with Crippen LogP contribution in [0.1, 0.15) is 129 Å². The van der Waals surface area contributed by atoms with Crippen LogP contribution in [0, 0.1) is 5.92 Å². The van der Waals surface area contributed by atoms with E-state index in [1.54, 1.807) is 0 Å². The molecule has 0 bridgehead atoms. The SMILES string of the molecule is CCCCCCCCCCC(CCCCCCCC)C(=O)NC(CCSCCC(=O)O)C(=O)NCCN(C)C. The highest BCUT2D eigenvalue weighted by atomic mass is 32.2. The molecule has 0 aromatic heterocycles. The molecule has 2 amide bonds. The number of hydrogen-bond acceptors (Lipinski definition) is 5. The van der Waals surface area contributed by atoms with E-state index in [-0.39, 0.29) is 24.2 Å². The summed E-state index contributed by atoms with van der Waals surface area (Å²) in [5.41, 5.74) is 0. The predicted molar refractivity (Wildman–Crippen MR) is 166 cm³/mol. The van der Waals surface area contributed by atoms with E-state index in [0.717, 1.165) is 38.6 Å². The molecule has 8 heteroatoms. The number of carboxylic acids is 1. The number of carboxylic acid groups (broad SMARTS) is 1. The Morgan fingerprint density at radius 2 is 1.23 bits per heavy atom. The van der Waals surface area contributed by atoms with E-state index >= 15 is 0 Å². The van der Waals surface area contributed by atoms with Gasteiger partial charge < -0.3 is 20.6 Å². The van der Waals surface area contributed by atoms with Crippen molar-refractivity contribution in [3.05, 3.63) is 0 Å². The minimum atomic E-state index is -0.813. The smallest absolute Gasteiger partial charge is 0.304 e. The topological polar surface area (TPSA) is 98.7 Å². The molecule has 2 unspecified atom stereocenters.